The van der Waals surface area contributed by atoms with Gasteiger partial charge in [0.25, 0.3) is 0 Å². The lowest BCUT2D eigenvalue weighted by Crippen LogP contribution is -2.14. The number of hydrogen-bond donors (Lipinski definition) is 1. The lowest BCUT2D eigenvalue weighted by molar-refractivity contribution is -0.113. The second-order valence-electron chi connectivity index (χ2n) is 4.33. The molecule has 0 fully saturated rings. The predicted molar refractivity (Wildman–Crippen MR) is 80.1 cm³/mol. The average Bonchev–Trinajstić information content (AvgIpc) is 3.16. The van der Waals surface area contributed by atoms with Crippen molar-refractivity contribution in [3.05, 3.63) is 36.9 Å². The van der Waals surface area contributed by atoms with Gasteiger partial charge in [-0.25, -0.2) is 0 Å². The summed E-state index contributed by atoms with van der Waals surface area (Å²) in [5.41, 5.74) is 0.872. The molecule has 0 bridgehead atoms. The molecule has 22 heavy (non-hydrogen) atoms. The number of hydrogen-bond acceptors (Lipinski definition) is 7. The van der Waals surface area contributed by atoms with Crippen molar-refractivity contribution >= 4 is 23.5 Å². The summed E-state index contributed by atoms with van der Waals surface area (Å²) in [5, 5.41) is 15.1. The van der Waals surface area contributed by atoms with E-state index in [1.54, 1.807) is 18.5 Å². The van der Waals surface area contributed by atoms with Crippen molar-refractivity contribution in [1.82, 2.24) is 24.9 Å². The molecule has 1 N–H and O–H groups in total. The van der Waals surface area contributed by atoms with Gasteiger partial charge in [0.05, 0.1) is 5.75 Å². The predicted octanol–water partition coefficient (Wildman–Crippen LogP) is 1.60. The Labute approximate surface area is 129 Å². The molecule has 9 heteroatoms. The highest BCUT2D eigenvalue weighted by Crippen LogP contribution is 2.21. The van der Waals surface area contributed by atoms with Crippen LogP contribution >= 0.6 is 11.8 Å². The van der Waals surface area contributed by atoms with Crippen LogP contribution in [0.5, 0.6) is 0 Å². The SMILES string of the molecule is Cn1c(SCC(=O)Nc2ccon2)nnc1-c1cccnc1. The molecule has 0 saturated carbocycles. The largest absolute Gasteiger partial charge is 0.363 e. The number of anilines is 1. The Morgan fingerprint density at radius 2 is 2.32 bits per heavy atom. The van der Waals surface area contributed by atoms with Gasteiger partial charge in [0.1, 0.15) is 6.26 Å². The van der Waals surface area contributed by atoms with Crippen molar-refractivity contribution < 1.29 is 9.32 Å². The van der Waals surface area contributed by atoms with Gasteiger partial charge in [0.15, 0.2) is 16.8 Å². The molecule has 0 aromatic carbocycles. The Hall–Kier alpha value is -2.68. The summed E-state index contributed by atoms with van der Waals surface area (Å²) in [6.07, 6.45) is 4.81. The van der Waals surface area contributed by atoms with E-state index in [1.807, 2.05) is 23.7 Å². The molecular formula is C13H12N6O2S. The number of carbonyl (C=O) groups excluding carboxylic acids is 1. The molecule has 0 unspecified atom stereocenters. The molecular weight excluding hydrogens is 304 g/mol. The zero-order valence-corrected chi connectivity index (χ0v) is 12.4. The van der Waals surface area contributed by atoms with Gasteiger partial charge < -0.3 is 14.4 Å². The Bertz CT molecular complexity index is 756. The number of aromatic nitrogens is 5. The smallest absolute Gasteiger partial charge is 0.236 e. The maximum absolute atomic E-state index is 11.8. The number of rotatable bonds is 5. The van der Waals surface area contributed by atoms with Crippen LogP contribution in [0, 0.1) is 0 Å². The molecule has 0 aliphatic rings. The van der Waals surface area contributed by atoms with Gasteiger partial charge >= 0.3 is 0 Å². The van der Waals surface area contributed by atoms with E-state index in [9.17, 15) is 4.79 Å². The highest BCUT2D eigenvalue weighted by atomic mass is 32.2. The van der Waals surface area contributed by atoms with Crippen molar-refractivity contribution in [2.45, 2.75) is 5.16 Å². The Kier molecular flexibility index (Phi) is 4.15. The zero-order chi connectivity index (χ0) is 15.4. The van der Waals surface area contributed by atoms with E-state index in [0.717, 1.165) is 5.56 Å². The molecule has 112 valence electrons. The van der Waals surface area contributed by atoms with Crippen LogP contribution in [0.25, 0.3) is 11.4 Å². The van der Waals surface area contributed by atoms with Gasteiger partial charge in [0.2, 0.25) is 5.91 Å². The minimum atomic E-state index is -0.190. The number of carbonyl (C=O) groups is 1. The van der Waals surface area contributed by atoms with E-state index < -0.39 is 0 Å². The molecule has 8 nitrogen and oxygen atoms in total. The minimum Gasteiger partial charge on any atom is -0.363 e. The van der Waals surface area contributed by atoms with Crippen LogP contribution in [-0.4, -0.2) is 36.6 Å². The summed E-state index contributed by atoms with van der Waals surface area (Å²) >= 11 is 1.29. The number of thioether (sulfide) groups is 1. The lowest BCUT2D eigenvalue weighted by atomic mass is 10.3. The molecule has 0 atom stereocenters. The first-order valence-corrected chi connectivity index (χ1v) is 7.35. The van der Waals surface area contributed by atoms with E-state index in [0.29, 0.717) is 16.8 Å². The third kappa shape index (κ3) is 3.14. The zero-order valence-electron chi connectivity index (χ0n) is 11.6. The normalized spacial score (nSPS) is 10.6. The van der Waals surface area contributed by atoms with Crippen LogP contribution in [0.15, 0.2) is 46.5 Å². The molecule has 3 rings (SSSR count). The third-order valence-electron chi connectivity index (χ3n) is 2.79. The molecule has 0 spiro atoms. The summed E-state index contributed by atoms with van der Waals surface area (Å²) in [6, 6.07) is 5.32. The van der Waals surface area contributed by atoms with Crippen molar-refractivity contribution in [3.8, 4) is 11.4 Å². The van der Waals surface area contributed by atoms with Crippen LogP contribution in [0.1, 0.15) is 0 Å². The van der Waals surface area contributed by atoms with Crippen LogP contribution in [0.4, 0.5) is 5.82 Å². The quantitative estimate of drug-likeness (QED) is 0.714. The Morgan fingerprint density at radius 1 is 1.41 bits per heavy atom. The van der Waals surface area contributed by atoms with E-state index in [2.05, 4.69) is 30.2 Å². The first-order valence-electron chi connectivity index (χ1n) is 6.37. The van der Waals surface area contributed by atoms with Gasteiger partial charge in [-0.05, 0) is 12.1 Å². The average molecular weight is 316 g/mol. The highest BCUT2D eigenvalue weighted by molar-refractivity contribution is 7.99. The fourth-order valence-corrected chi connectivity index (χ4v) is 2.48. The topological polar surface area (TPSA) is 98.7 Å². The van der Waals surface area contributed by atoms with E-state index in [4.69, 9.17) is 0 Å². The molecule has 0 saturated heterocycles. The summed E-state index contributed by atoms with van der Waals surface area (Å²) in [4.78, 5) is 15.9. The van der Waals surface area contributed by atoms with E-state index >= 15 is 0 Å². The molecule has 3 heterocycles. The maximum atomic E-state index is 11.8. The number of amides is 1. The lowest BCUT2D eigenvalue weighted by Gasteiger charge is -2.03. The van der Waals surface area contributed by atoms with Crippen molar-refractivity contribution in [3.63, 3.8) is 0 Å². The van der Waals surface area contributed by atoms with E-state index in [-0.39, 0.29) is 11.7 Å². The Morgan fingerprint density at radius 3 is 3.05 bits per heavy atom. The van der Waals surface area contributed by atoms with Crippen molar-refractivity contribution in [1.29, 1.82) is 0 Å². The van der Waals surface area contributed by atoms with Gasteiger partial charge in [-0.1, -0.05) is 16.9 Å². The summed E-state index contributed by atoms with van der Waals surface area (Å²) < 4.78 is 6.47. The summed E-state index contributed by atoms with van der Waals surface area (Å²) in [6.45, 7) is 0. The van der Waals surface area contributed by atoms with Gasteiger partial charge in [-0.3, -0.25) is 9.78 Å². The second-order valence-corrected chi connectivity index (χ2v) is 5.27. The van der Waals surface area contributed by atoms with Crippen LogP contribution in [0.2, 0.25) is 0 Å². The van der Waals surface area contributed by atoms with E-state index in [1.165, 1.54) is 18.0 Å². The summed E-state index contributed by atoms with van der Waals surface area (Å²) in [5.74, 6) is 1.10. The first kappa shape index (κ1) is 14.3. The van der Waals surface area contributed by atoms with Gasteiger partial charge in [-0.2, -0.15) is 0 Å². The molecule has 1 amide bonds. The highest BCUT2D eigenvalue weighted by Gasteiger charge is 2.13. The van der Waals surface area contributed by atoms with Crippen LogP contribution in [0.3, 0.4) is 0 Å². The minimum absolute atomic E-state index is 0.190. The second kappa shape index (κ2) is 6.39. The fourth-order valence-electron chi connectivity index (χ4n) is 1.77. The number of nitrogens with zero attached hydrogens (tertiary/aromatic N) is 5. The molecule has 3 aromatic heterocycles. The fraction of sp³-hybridized carbons (Fsp3) is 0.154. The summed E-state index contributed by atoms with van der Waals surface area (Å²) in [7, 11) is 1.85. The first-order chi connectivity index (χ1) is 10.7. The number of pyridine rings is 1. The molecule has 0 aliphatic carbocycles. The standard InChI is InChI=1S/C13H12N6O2S/c1-19-12(9-3-2-5-14-7-9)16-17-13(19)22-8-11(20)15-10-4-6-21-18-10/h2-7H,8H2,1H3,(H,15,18,20). The van der Waals surface area contributed by atoms with Crippen LogP contribution < -0.4 is 5.32 Å². The molecule has 0 aliphatic heterocycles. The van der Waals surface area contributed by atoms with Crippen molar-refractivity contribution in [2.75, 3.05) is 11.1 Å². The maximum Gasteiger partial charge on any atom is 0.236 e. The van der Waals surface area contributed by atoms with Gasteiger partial charge in [-0.15, -0.1) is 10.2 Å². The van der Waals surface area contributed by atoms with Crippen molar-refractivity contribution in [2.24, 2.45) is 7.05 Å². The monoisotopic (exact) mass is 316 g/mol. The molecule has 3 aromatic rings. The Balaban J connectivity index is 1.64. The number of nitrogens with one attached hydrogen (secondary N) is 1. The molecule has 0 radical (unpaired) electrons. The third-order valence-corrected chi connectivity index (χ3v) is 3.81. The van der Waals surface area contributed by atoms with Gasteiger partial charge in [0, 0.05) is 31.1 Å². The van der Waals surface area contributed by atoms with Crippen LogP contribution in [-0.2, 0) is 11.8 Å².